The summed E-state index contributed by atoms with van der Waals surface area (Å²) in [4.78, 5) is 14.5. The molecule has 0 radical (unpaired) electrons. The summed E-state index contributed by atoms with van der Waals surface area (Å²) in [5.41, 5.74) is 2.79. The number of amides is 1. The van der Waals surface area contributed by atoms with Crippen LogP contribution in [-0.4, -0.2) is 47.3 Å². The highest BCUT2D eigenvalue weighted by Crippen LogP contribution is 2.22. The summed E-state index contributed by atoms with van der Waals surface area (Å²) in [6.07, 6.45) is 0.862. The number of nitrogens with zero attached hydrogens (tertiary/aromatic N) is 2. The predicted octanol–water partition coefficient (Wildman–Crippen LogP) is 3.83. The fraction of sp³-hybridized carbons (Fsp3) is 0.304. The average Bonchev–Trinajstić information content (AvgIpc) is 3.24. The minimum absolute atomic E-state index is 0.111. The Hall–Kier alpha value is -2.83. The summed E-state index contributed by atoms with van der Waals surface area (Å²) in [5, 5.41) is 8.09. The van der Waals surface area contributed by atoms with Crippen LogP contribution in [0.1, 0.15) is 23.1 Å². The number of hydrogen-bond donors (Lipinski definition) is 1. The van der Waals surface area contributed by atoms with Crippen LogP contribution in [0, 0.1) is 0 Å². The van der Waals surface area contributed by atoms with Crippen LogP contribution in [0.3, 0.4) is 0 Å². The van der Waals surface area contributed by atoms with E-state index in [0.717, 1.165) is 22.7 Å². The number of ether oxygens (including phenoxy) is 2. The van der Waals surface area contributed by atoms with Gasteiger partial charge in [0, 0.05) is 23.7 Å². The zero-order chi connectivity index (χ0) is 20.8. The largest absolute Gasteiger partial charge is 0.493 e. The number of benzene rings is 2. The maximum atomic E-state index is 12.7. The van der Waals surface area contributed by atoms with E-state index in [4.69, 9.17) is 21.1 Å². The molecule has 1 aliphatic heterocycles. The van der Waals surface area contributed by atoms with Gasteiger partial charge in [-0.15, -0.1) is 0 Å². The number of hydrogen-bond acceptors (Lipinski definition) is 4. The highest BCUT2D eigenvalue weighted by Gasteiger charge is 2.27. The molecular weight excluding hydrogens is 402 g/mol. The first kappa shape index (κ1) is 20.4. The van der Waals surface area contributed by atoms with Crippen LogP contribution in [-0.2, 0) is 22.4 Å². The Morgan fingerprint density at radius 1 is 1.20 bits per heavy atom. The molecule has 2 aromatic carbocycles. The summed E-state index contributed by atoms with van der Waals surface area (Å²) in [6.45, 7) is 2.13. The van der Waals surface area contributed by atoms with Crippen LogP contribution in [0.15, 0.2) is 60.7 Å². The topological polar surface area (TPSA) is 67.5 Å². The Bertz CT molecular complexity index is 977. The molecule has 1 amide bonds. The quantitative estimate of drug-likeness (QED) is 0.624. The number of halogens is 1. The van der Waals surface area contributed by atoms with Gasteiger partial charge >= 0.3 is 0 Å². The number of H-pyrrole nitrogens is 1. The summed E-state index contributed by atoms with van der Waals surface area (Å²) < 4.78 is 11.6. The van der Waals surface area contributed by atoms with Crippen LogP contribution in [0.4, 0.5) is 0 Å². The molecule has 1 atom stereocenters. The highest BCUT2D eigenvalue weighted by atomic mass is 35.5. The number of carbonyl (C=O) groups excluding carboxylic acids is 1. The van der Waals surface area contributed by atoms with Gasteiger partial charge < -0.3 is 14.4 Å². The standard InChI is InChI=1S/C23H24ClN3O3/c24-18-7-4-8-20(14-18)29-11-9-19-15-21(26-25-19)22-16-27(10-12-30-22)23(28)13-17-5-2-1-3-6-17/h1-8,14-15,22H,9-13,16H2,(H,25,26). The number of morpholine rings is 1. The molecule has 0 saturated carbocycles. The molecule has 30 heavy (non-hydrogen) atoms. The van der Waals surface area contributed by atoms with Crippen molar-refractivity contribution in [3.8, 4) is 5.75 Å². The molecule has 156 valence electrons. The van der Waals surface area contributed by atoms with E-state index in [-0.39, 0.29) is 12.0 Å². The summed E-state index contributed by atoms with van der Waals surface area (Å²) in [6, 6.07) is 19.1. The summed E-state index contributed by atoms with van der Waals surface area (Å²) in [7, 11) is 0. The summed E-state index contributed by atoms with van der Waals surface area (Å²) >= 11 is 5.97. The molecule has 0 aliphatic carbocycles. The fourth-order valence-corrected chi connectivity index (χ4v) is 3.63. The number of aromatic amines is 1. The Kier molecular flexibility index (Phi) is 6.67. The van der Waals surface area contributed by atoms with Crippen LogP contribution in [0.25, 0.3) is 0 Å². The third kappa shape index (κ3) is 5.40. The van der Waals surface area contributed by atoms with E-state index in [1.807, 2.05) is 59.5 Å². The predicted molar refractivity (Wildman–Crippen MR) is 115 cm³/mol. The van der Waals surface area contributed by atoms with E-state index in [1.54, 1.807) is 6.07 Å². The van der Waals surface area contributed by atoms with Crippen molar-refractivity contribution in [1.82, 2.24) is 15.1 Å². The smallest absolute Gasteiger partial charge is 0.227 e. The Morgan fingerprint density at radius 2 is 2.07 bits per heavy atom. The lowest BCUT2D eigenvalue weighted by atomic mass is 10.1. The van der Waals surface area contributed by atoms with Gasteiger partial charge in [-0.25, -0.2) is 0 Å². The summed E-state index contributed by atoms with van der Waals surface area (Å²) in [5.74, 6) is 0.852. The van der Waals surface area contributed by atoms with E-state index < -0.39 is 0 Å². The van der Waals surface area contributed by atoms with Crippen molar-refractivity contribution in [2.45, 2.75) is 18.9 Å². The van der Waals surface area contributed by atoms with Crippen molar-refractivity contribution in [2.75, 3.05) is 26.3 Å². The lowest BCUT2D eigenvalue weighted by Gasteiger charge is -2.32. The minimum Gasteiger partial charge on any atom is -0.493 e. The molecule has 1 fully saturated rings. The van der Waals surface area contributed by atoms with Crippen LogP contribution in [0.2, 0.25) is 5.02 Å². The van der Waals surface area contributed by atoms with E-state index in [1.165, 1.54) is 0 Å². The second kappa shape index (κ2) is 9.78. The van der Waals surface area contributed by atoms with Crippen molar-refractivity contribution in [3.63, 3.8) is 0 Å². The molecule has 1 N–H and O–H groups in total. The molecular formula is C23H24ClN3O3. The third-order valence-corrected chi connectivity index (χ3v) is 5.27. The first-order valence-corrected chi connectivity index (χ1v) is 10.4. The molecule has 1 aliphatic rings. The van der Waals surface area contributed by atoms with Crippen molar-refractivity contribution < 1.29 is 14.3 Å². The van der Waals surface area contributed by atoms with Gasteiger partial charge in [-0.1, -0.05) is 48.0 Å². The number of carbonyl (C=O) groups is 1. The zero-order valence-electron chi connectivity index (χ0n) is 16.6. The molecule has 1 unspecified atom stereocenters. The Balaban J connectivity index is 1.29. The maximum absolute atomic E-state index is 12.7. The van der Waals surface area contributed by atoms with Gasteiger partial charge in [-0.3, -0.25) is 9.89 Å². The fourth-order valence-electron chi connectivity index (χ4n) is 3.45. The van der Waals surface area contributed by atoms with E-state index in [2.05, 4.69) is 10.2 Å². The Labute approximate surface area is 180 Å². The Morgan fingerprint density at radius 3 is 2.90 bits per heavy atom. The van der Waals surface area contributed by atoms with Gasteiger partial charge in [0.2, 0.25) is 5.91 Å². The first-order chi connectivity index (χ1) is 14.7. The van der Waals surface area contributed by atoms with Gasteiger partial charge in [-0.05, 0) is 29.8 Å². The SMILES string of the molecule is O=C(Cc1ccccc1)N1CCOC(c2cc(CCOc3cccc(Cl)c3)[nH]n2)C1. The van der Waals surface area contributed by atoms with E-state index in [9.17, 15) is 4.79 Å². The lowest BCUT2D eigenvalue weighted by molar-refractivity contribution is -0.138. The van der Waals surface area contributed by atoms with Crippen LogP contribution < -0.4 is 4.74 Å². The molecule has 1 saturated heterocycles. The molecule has 6 nitrogen and oxygen atoms in total. The van der Waals surface area contributed by atoms with Crippen molar-refractivity contribution in [2.24, 2.45) is 0 Å². The molecule has 4 rings (SSSR count). The highest BCUT2D eigenvalue weighted by molar-refractivity contribution is 6.30. The molecule has 3 aromatic rings. The molecule has 7 heteroatoms. The van der Waals surface area contributed by atoms with Gasteiger partial charge in [0.1, 0.15) is 11.9 Å². The van der Waals surface area contributed by atoms with Crippen molar-refractivity contribution >= 4 is 17.5 Å². The van der Waals surface area contributed by atoms with Crippen molar-refractivity contribution in [3.05, 3.63) is 82.6 Å². The third-order valence-electron chi connectivity index (χ3n) is 5.03. The molecule has 2 heterocycles. The van der Waals surface area contributed by atoms with Crippen LogP contribution in [0.5, 0.6) is 5.75 Å². The first-order valence-electron chi connectivity index (χ1n) is 10.0. The lowest BCUT2D eigenvalue weighted by Crippen LogP contribution is -2.43. The number of nitrogens with one attached hydrogen (secondary N) is 1. The van der Waals surface area contributed by atoms with E-state index >= 15 is 0 Å². The second-order valence-corrected chi connectivity index (χ2v) is 7.67. The van der Waals surface area contributed by atoms with Gasteiger partial charge in [0.25, 0.3) is 0 Å². The van der Waals surface area contributed by atoms with Gasteiger partial charge in [0.15, 0.2) is 0 Å². The molecule has 0 bridgehead atoms. The monoisotopic (exact) mass is 425 g/mol. The van der Waals surface area contributed by atoms with Gasteiger partial charge in [-0.2, -0.15) is 5.10 Å². The van der Waals surface area contributed by atoms with Gasteiger partial charge in [0.05, 0.1) is 31.9 Å². The maximum Gasteiger partial charge on any atom is 0.227 e. The normalized spacial score (nSPS) is 16.4. The second-order valence-electron chi connectivity index (χ2n) is 7.24. The number of aromatic nitrogens is 2. The molecule has 0 spiro atoms. The number of rotatable bonds is 7. The van der Waals surface area contributed by atoms with Crippen LogP contribution >= 0.6 is 11.6 Å². The van der Waals surface area contributed by atoms with Crippen molar-refractivity contribution in [1.29, 1.82) is 0 Å². The zero-order valence-corrected chi connectivity index (χ0v) is 17.3. The molecule has 1 aromatic heterocycles. The van der Waals surface area contributed by atoms with E-state index in [0.29, 0.717) is 44.2 Å². The minimum atomic E-state index is -0.225. The average molecular weight is 426 g/mol.